The monoisotopic (exact) mass is 234 g/mol. The summed E-state index contributed by atoms with van der Waals surface area (Å²) >= 11 is 0. The third-order valence-corrected chi connectivity index (χ3v) is 3.01. The van der Waals surface area contributed by atoms with E-state index in [-0.39, 0.29) is 24.9 Å². The molecule has 1 N–H and O–H groups in total. The van der Waals surface area contributed by atoms with Crippen LogP contribution >= 0.6 is 0 Å². The molecule has 1 aromatic carbocycles. The lowest BCUT2D eigenvalue weighted by Gasteiger charge is -2.35. The van der Waals surface area contributed by atoms with Crippen molar-refractivity contribution in [1.82, 2.24) is 0 Å². The zero-order valence-corrected chi connectivity index (χ0v) is 9.79. The van der Waals surface area contributed by atoms with Crippen molar-refractivity contribution in [2.24, 2.45) is 5.92 Å². The van der Waals surface area contributed by atoms with E-state index in [1.54, 1.807) is 0 Å². The average molecular weight is 234 g/mol. The van der Waals surface area contributed by atoms with Crippen LogP contribution in [0, 0.1) is 5.92 Å². The minimum atomic E-state index is -0.366. The molecule has 1 fully saturated rings. The molecule has 3 atom stereocenters. The number of hydrogen-bond acceptors (Lipinski definition) is 3. The van der Waals surface area contributed by atoms with E-state index in [1.165, 1.54) is 0 Å². The minimum Gasteiger partial charge on any atom is -0.394 e. The molecule has 0 radical (unpaired) electrons. The summed E-state index contributed by atoms with van der Waals surface area (Å²) < 4.78 is 11.4. The van der Waals surface area contributed by atoms with Crippen molar-refractivity contribution in [3.8, 4) is 0 Å². The van der Waals surface area contributed by atoms with Crippen molar-refractivity contribution < 1.29 is 14.6 Å². The van der Waals surface area contributed by atoms with E-state index in [0.717, 1.165) is 12.0 Å². The van der Waals surface area contributed by atoms with E-state index in [9.17, 15) is 5.11 Å². The Morgan fingerprint density at radius 2 is 2.12 bits per heavy atom. The van der Waals surface area contributed by atoms with Crippen LogP contribution in [0.2, 0.25) is 0 Å². The van der Waals surface area contributed by atoms with E-state index in [1.807, 2.05) is 36.4 Å². The van der Waals surface area contributed by atoms with Crippen molar-refractivity contribution in [3.05, 3.63) is 48.6 Å². The first-order valence-corrected chi connectivity index (χ1v) is 5.89. The van der Waals surface area contributed by atoms with Gasteiger partial charge < -0.3 is 14.6 Å². The van der Waals surface area contributed by atoms with Gasteiger partial charge in [-0.05, 0) is 6.42 Å². The summed E-state index contributed by atoms with van der Waals surface area (Å²) in [7, 11) is 0. The van der Waals surface area contributed by atoms with Crippen LogP contribution in [0.5, 0.6) is 0 Å². The van der Waals surface area contributed by atoms with E-state index in [4.69, 9.17) is 9.47 Å². The number of benzene rings is 1. The molecule has 3 nitrogen and oxygen atoms in total. The Morgan fingerprint density at radius 3 is 2.76 bits per heavy atom. The van der Waals surface area contributed by atoms with Gasteiger partial charge in [-0.25, -0.2) is 0 Å². The van der Waals surface area contributed by atoms with Crippen molar-refractivity contribution in [2.45, 2.75) is 18.8 Å². The molecule has 1 aliphatic heterocycles. The number of aliphatic hydroxyl groups excluding tert-OH is 1. The highest BCUT2D eigenvalue weighted by Crippen LogP contribution is 2.30. The van der Waals surface area contributed by atoms with Gasteiger partial charge in [0.25, 0.3) is 0 Å². The highest BCUT2D eigenvalue weighted by atomic mass is 16.7. The van der Waals surface area contributed by atoms with Crippen LogP contribution in [0.1, 0.15) is 18.3 Å². The predicted molar refractivity (Wildman–Crippen MR) is 65.4 cm³/mol. The van der Waals surface area contributed by atoms with Gasteiger partial charge in [-0.2, -0.15) is 0 Å². The molecule has 2 rings (SSSR count). The lowest BCUT2D eigenvalue weighted by Crippen LogP contribution is -2.38. The molecule has 92 valence electrons. The summed E-state index contributed by atoms with van der Waals surface area (Å²) in [4.78, 5) is 0. The van der Waals surface area contributed by atoms with Gasteiger partial charge in [-0.1, -0.05) is 36.4 Å². The molecule has 0 bridgehead atoms. The molecule has 17 heavy (non-hydrogen) atoms. The lowest BCUT2D eigenvalue weighted by atomic mass is 9.98. The van der Waals surface area contributed by atoms with Gasteiger partial charge in [0.15, 0.2) is 6.29 Å². The first-order valence-electron chi connectivity index (χ1n) is 5.89. The standard InChI is InChI=1S/C14H18O3/c1-2-6-12-10-16-14(17-13(12)9-15)11-7-4-3-5-8-11/h2-5,7-8,12-15H,1,6,9-10H2/t12-,13+,14-/m0/s1. The Bertz CT molecular complexity index is 350. The molecule has 1 aliphatic rings. The molecule has 0 saturated carbocycles. The van der Waals surface area contributed by atoms with Crippen LogP contribution in [0.4, 0.5) is 0 Å². The molecule has 3 heteroatoms. The molecule has 0 amide bonds. The van der Waals surface area contributed by atoms with Crippen LogP contribution < -0.4 is 0 Å². The highest BCUT2D eigenvalue weighted by Gasteiger charge is 2.31. The molecule has 0 aliphatic carbocycles. The van der Waals surface area contributed by atoms with Gasteiger partial charge in [0.2, 0.25) is 0 Å². The minimum absolute atomic E-state index is 0.0190. The summed E-state index contributed by atoms with van der Waals surface area (Å²) in [6.07, 6.45) is 2.09. The van der Waals surface area contributed by atoms with Crippen molar-refractivity contribution >= 4 is 0 Å². The molecular weight excluding hydrogens is 216 g/mol. The smallest absolute Gasteiger partial charge is 0.184 e. The van der Waals surface area contributed by atoms with Gasteiger partial charge in [0.1, 0.15) is 0 Å². The Morgan fingerprint density at radius 1 is 1.35 bits per heavy atom. The number of allylic oxidation sites excluding steroid dienone is 1. The largest absolute Gasteiger partial charge is 0.394 e. The molecule has 1 saturated heterocycles. The van der Waals surface area contributed by atoms with Crippen LogP contribution in [-0.2, 0) is 9.47 Å². The fourth-order valence-corrected chi connectivity index (χ4v) is 2.04. The van der Waals surface area contributed by atoms with Gasteiger partial charge in [0, 0.05) is 11.5 Å². The maximum absolute atomic E-state index is 9.34. The predicted octanol–water partition coefficient (Wildman–Crippen LogP) is 2.29. The van der Waals surface area contributed by atoms with E-state index in [2.05, 4.69) is 6.58 Å². The maximum atomic E-state index is 9.34. The van der Waals surface area contributed by atoms with Gasteiger partial charge in [0.05, 0.1) is 19.3 Å². The molecule has 0 unspecified atom stereocenters. The SMILES string of the molecule is C=CC[C@H]1CO[C@H](c2ccccc2)O[C@@H]1CO. The summed E-state index contributed by atoms with van der Waals surface area (Å²) in [5.74, 6) is 0.192. The van der Waals surface area contributed by atoms with E-state index in [0.29, 0.717) is 6.61 Å². The summed E-state index contributed by atoms with van der Waals surface area (Å²) in [5.41, 5.74) is 0.989. The molecule has 1 aromatic rings. The highest BCUT2D eigenvalue weighted by molar-refractivity contribution is 5.16. The van der Waals surface area contributed by atoms with Crippen molar-refractivity contribution in [1.29, 1.82) is 0 Å². The fourth-order valence-electron chi connectivity index (χ4n) is 2.04. The Kier molecular flexibility index (Phi) is 4.31. The third kappa shape index (κ3) is 2.94. The van der Waals surface area contributed by atoms with Crippen molar-refractivity contribution in [3.63, 3.8) is 0 Å². The number of aliphatic hydroxyl groups is 1. The summed E-state index contributed by atoms with van der Waals surface area (Å²) in [5, 5.41) is 9.34. The molecule has 0 aromatic heterocycles. The second-order valence-corrected chi connectivity index (χ2v) is 4.22. The first-order chi connectivity index (χ1) is 8.35. The third-order valence-electron chi connectivity index (χ3n) is 3.01. The topological polar surface area (TPSA) is 38.7 Å². The zero-order chi connectivity index (χ0) is 12.1. The zero-order valence-electron chi connectivity index (χ0n) is 9.79. The van der Waals surface area contributed by atoms with Crippen LogP contribution in [0.15, 0.2) is 43.0 Å². The second-order valence-electron chi connectivity index (χ2n) is 4.22. The van der Waals surface area contributed by atoms with E-state index >= 15 is 0 Å². The Balaban J connectivity index is 2.03. The summed E-state index contributed by atoms with van der Waals surface area (Å²) in [6, 6.07) is 9.79. The number of hydrogen-bond donors (Lipinski definition) is 1. The Hall–Kier alpha value is -1.16. The Labute approximate surface area is 102 Å². The summed E-state index contributed by atoms with van der Waals surface area (Å²) in [6.45, 7) is 4.32. The van der Waals surface area contributed by atoms with Crippen LogP contribution in [0.25, 0.3) is 0 Å². The van der Waals surface area contributed by atoms with Gasteiger partial charge in [-0.15, -0.1) is 6.58 Å². The van der Waals surface area contributed by atoms with Crippen LogP contribution in [-0.4, -0.2) is 24.4 Å². The van der Waals surface area contributed by atoms with Gasteiger partial charge in [-0.3, -0.25) is 0 Å². The van der Waals surface area contributed by atoms with Crippen molar-refractivity contribution in [2.75, 3.05) is 13.2 Å². The van der Waals surface area contributed by atoms with E-state index < -0.39 is 0 Å². The normalized spacial score (nSPS) is 28.9. The second kappa shape index (κ2) is 5.96. The quantitative estimate of drug-likeness (QED) is 0.812. The number of ether oxygens (including phenoxy) is 2. The molecule has 0 spiro atoms. The molecule has 1 heterocycles. The average Bonchev–Trinajstić information content (AvgIpc) is 2.40. The number of rotatable bonds is 4. The lowest BCUT2D eigenvalue weighted by molar-refractivity contribution is -0.247. The first kappa shape index (κ1) is 12.3. The molecular formula is C14H18O3. The maximum Gasteiger partial charge on any atom is 0.184 e. The van der Waals surface area contributed by atoms with Gasteiger partial charge >= 0.3 is 0 Å². The fraction of sp³-hybridized carbons (Fsp3) is 0.429. The van der Waals surface area contributed by atoms with Crippen LogP contribution in [0.3, 0.4) is 0 Å².